The summed E-state index contributed by atoms with van der Waals surface area (Å²) in [4.78, 5) is 25.6. The predicted molar refractivity (Wildman–Crippen MR) is 124 cm³/mol. The molecule has 4 heteroatoms. The molecule has 0 aromatic rings. The lowest BCUT2D eigenvalue weighted by atomic mass is 9.65. The molecule has 0 spiro atoms. The lowest BCUT2D eigenvalue weighted by Gasteiger charge is -2.45. The minimum absolute atomic E-state index is 0.0380. The van der Waals surface area contributed by atoms with E-state index in [0.29, 0.717) is 17.8 Å². The molecule has 2 aliphatic carbocycles. The van der Waals surface area contributed by atoms with Crippen molar-refractivity contribution >= 4 is 20.1 Å². The highest BCUT2D eigenvalue weighted by Crippen LogP contribution is 2.56. The maximum atomic E-state index is 13.6. The van der Waals surface area contributed by atoms with Gasteiger partial charge in [-0.3, -0.25) is 4.79 Å². The van der Waals surface area contributed by atoms with Crippen LogP contribution in [0.15, 0.2) is 12.2 Å². The molecule has 2 rings (SSSR count). The molecule has 6 atom stereocenters. The summed E-state index contributed by atoms with van der Waals surface area (Å²) in [6.07, 6.45) is 12.2. The summed E-state index contributed by atoms with van der Waals surface area (Å²) in [5.74, 6) is 0.702. The molecule has 1 N–H and O–H groups in total. The molecule has 6 unspecified atom stereocenters. The van der Waals surface area contributed by atoms with Gasteiger partial charge in [0.2, 0.25) is 0 Å². The van der Waals surface area contributed by atoms with E-state index in [1.807, 2.05) is 6.92 Å². The van der Waals surface area contributed by atoms with E-state index in [-0.39, 0.29) is 16.4 Å². The Balaban J connectivity index is 2.32. The lowest BCUT2D eigenvalue weighted by Crippen LogP contribution is -2.50. The van der Waals surface area contributed by atoms with Gasteiger partial charge in [0.25, 0.3) is 0 Å². The van der Waals surface area contributed by atoms with Crippen molar-refractivity contribution < 1.29 is 14.7 Å². The van der Waals surface area contributed by atoms with E-state index in [0.717, 1.165) is 12.2 Å². The Hall–Kier alpha value is -0.743. The molecular weight excluding hydrogens is 376 g/mol. The third-order valence-corrected chi connectivity index (χ3v) is 15.1. The zero-order chi connectivity index (χ0) is 22.0. The number of ketones is 1. The Bertz CT molecular complexity index is 618. The lowest BCUT2D eigenvalue weighted by molar-refractivity contribution is -0.122. The van der Waals surface area contributed by atoms with Crippen LogP contribution in [0.4, 0.5) is 0 Å². The second kappa shape index (κ2) is 9.17. The van der Waals surface area contributed by atoms with Crippen molar-refractivity contribution in [3.63, 3.8) is 0 Å². The van der Waals surface area contributed by atoms with Gasteiger partial charge >= 0.3 is 0 Å². The van der Waals surface area contributed by atoms with E-state index >= 15 is 0 Å². The molecule has 2 aliphatic rings. The fourth-order valence-electron chi connectivity index (χ4n) is 5.89. The summed E-state index contributed by atoms with van der Waals surface area (Å²) in [5, 5.41) is 10.5. The highest BCUT2D eigenvalue weighted by Gasteiger charge is 2.50. The second-order valence-corrected chi connectivity index (χ2v) is 17.1. The zero-order valence-electron chi connectivity index (χ0n) is 19.8. The summed E-state index contributed by atoms with van der Waals surface area (Å²) in [7, 11) is -2.18. The molecule has 0 saturated heterocycles. The maximum Gasteiger partial charge on any atom is 0.156 e. The van der Waals surface area contributed by atoms with Crippen LogP contribution in [0.25, 0.3) is 0 Å². The zero-order valence-corrected chi connectivity index (χ0v) is 20.8. The predicted octanol–water partition coefficient (Wildman–Crippen LogP) is 6.18. The van der Waals surface area contributed by atoms with E-state index in [4.69, 9.17) is 0 Å². The Morgan fingerprint density at radius 1 is 1.21 bits per heavy atom. The van der Waals surface area contributed by atoms with E-state index < -0.39 is 20.1 Å². The van der Waals surface area contributed by atoms with Gasteiger partial charge in [-0.1, -0.05) is 66.6 Å². The minimum Gasteiger partial charge on any atom is -0.392 e. The van der Waals surface area contributed by atoms with Crippen molar-refractivity contribution in [3.05, 3.63) is 12.2 Å². The van der Waals surface area contributed by atoms with E-state index in [1.54, 1.807) is 6.08 Å². The number of carbonyl (C=O) groups is 2. The van der Waals surface area contributed by atoms with Crippen LogP contribution >= 0.6 is 0 Å². The third-order valence-electron chi connectivity index (χ3n) is 9.04. The number of rotatable bonds is 8. The summed E-state index contributed by atoms with van der Waals surface area (Å²) in [5.41, 5.74) is -0.0586. The molecule has 0 aromatic carbocycles. The number of aliphatic hydroxyl groups is 1. The van der Waals surface area contributed by atoms with Crippen molar-refractivity contribution in [2.24, 2.45) is 23.2 Å². The molecule has 2 saturated carbocycles. The standard InChI is InChI=1S/C25H44O3Si/c1-8-21(27)20(17-26)23(29(6,7)24(2,3)4)22(28)15-14-19-13-12-18-11-9-10-16-25(18,19)5/h14-15,17-21,23,27H,8-13,16H2,1-7H3. The molecule has 0 heterocycles. The molecule has 0 amide bonds. The molecule has 2 fully saturated rings. The van der Waals surface area contributed by atoms with Crippen LogP contribution in [0, 0.1) is 23.2 Å². The van der Waals surface area contributed by atoms with Gasteiger partial charge in [0, 0.05) is 11.5 Å². The van der Waals surface area contributed by atoms with Gasteiger partial charge in [0.15, 0.2) is 5.78 Å². The van der Waals surface area contributed by atoms with E-state index in [1.165, 1.54) is 38.5 Å². The number of aliphatic hydroxyl groups excluding tert-OH is 1. The smallest absolute Gasteiger partial charge is 0.156 e. The molecule has 0 bridgehead atoms. The fourth-order valence-corrected chi connectivity index (χ4v) is 8.89. The van der Waals surface area contributed by atoms with Crippen LogP contribution in [-0.2, 0) is 9.59 Å². The number of hydrogen-bond donors (Lipinski definition) is 1. The Morgan fingerprint density at radius 3 is 2.41 bits per heavy atom. The minimum atomic E-state index is -2.18. The average molecular weight is 421 g/mol. The topological polar surface area (TPSA) is 54.4 Å². The van der Waals surface area contributed by atoms with Crippen molar-refractivity contribution in [1.82, 2.24) is 0 Å². The van der Waals surface area contributed by atoms with Crippen LogP contribution in [0.5, 0.6) is 0 Å². The SMILES string of the molecule is CCC(O)C(C=O)C(C(=O)C=CC1CCC2CCCCC12C)[Si](C)(C)C(C)(C)C. The summed E-state index contributed by atoms with van der Waals surface area (Å²) < 4.78 is 0. The van der Waals surface area contributed by atoms with Crippen LogP contribution < -0.4 is 0 Å². The van der Waals surface area contributed by atoms with E-state index in [9.17, 15) is 14.7 Å². The molecule has 29 heavy (non-hydrogen) atoms. The number of carbonyl (C=O) groups excluding carboxylic acids is 2. The first-order valence-corrected chi connectivity index (χ1v) is 14.8. The second-order valence-electron chi connectivity index (χ2n) is 11.5. The Labute approximate surface area is 179 Å². The van der Waals surface area contributed by atoms with Crippen molar-refractivity contribution in [2.45, 2.75) is 109 Å². The Kier molecular flexibility index (Phi) is 7.76. The first kappa shape index (κ1) is 24.5. The molecule has 0 aliphatic heterocycles. The van der Waals surface area contributed by atoms with Crippen LogP contribution in [0.2, 0.25) is 23.7 Å². The summed E-state index contributed by atoms with van der Waals surface area (Å²) in [6, 6.07) is 0. The molecule has 3 nitrogen and oxygen atoms in total. The highest BCUT2D eigenvalue weighted by atomic mass is 28.3. The normalized spacial score (nSPS) is 31.3. The molecule has 0 radical (unpaired) electrons. The average Bonchev–Trinajstić information content (AvgIpc) is 2.98. The van der Waals surface area contributed by atoms with Gasteiger partial charge in [-0.25, -0.2) is 0 Å². The first-order valence-electron chi connectivity index (χ1n) is 11.8. The molecule has 166 valence electrons. The number of fused-ring (bicyclic) bond motifs is 1. The van der Waals surface area contributed by atoms with Gasteiger partial charge in [0.05, 0.1) is 14.2 Å². The summed E-state index contributed by atoms with van der Waals surface area (Å²) in [6.45, 7) is 15.2. The maximum absolute atomic E-state index is 13.6. The summed E-state index contributed by atoms with van der Waals surface area (Å²) >= 11 is 0. The van der Waals surface area contributed by atoms with Crippen LogP contribution in [-0.4, -0.2) is 31.4 Å². The number of allylic oxidation sites excluding steroid dienone is 2. The largest absolute Gasteiger partial charge is 0.392 e. The number of aldehydes is 1. The quantitative estimate of drug-likeness (QED) is 0.290. The first-order chi connectivity index (χ1) is 13.4. The Morgan fingerprint density at radius 2 is 1.86 bits per heavy atom. The fraction of sp³-hybridized carbons (Fsp3) is 0.840. The van der Waals surface area contributed by atoms with Gasteiger partial charge in [-0.2, -0.15) is 0 Å². The van der Waals surface area contributed by atoms with Gasteiger partial charge < -0.3 is 9.90 Å². The third kappa shape index (κ3) is 4.79. The highest BCUT2D eigenvalue weighted by molar-refractivity contribution is 6.84. The molecular formula is C25H44O3Si. The van der Waals surface area contributed by atoms with Gasteiger partial charge in [-0.15, -0.1) is 0 Å². The van der Waals surface area contributed by atoms with Gasteiger partial charge in [0.1, 0.15) is 6.29 Å². The van der Waals surface area contributed by atoms with Gasteiger partial charge in [-0.05, 0) is 60.5 Å². The monoisotopic (exact) mass is 420 g/mol. The molecule has 0 aromatic heterocycles. The van der Waals surface area contributed by atoms with Crippen LogP contribution in [0.1, 0.15) is 79.6 Å². The van der Waals surface area contributed by atoms with Crippen LogP contribution in [0.3, 0.4) is 0 Å². The number of hydrogen-bond acceptors (Lipinski definition) is 3. The van der Waals surface area contributed by atoms with Crippen molar-refractivity contribution in [1.29, 1.82) is 0 Å². The van der Waals surface area contributed by atoms with Crippen molar-refractivity contribution in [2.75, 3.05) is 0 Å². The van der Waals surface area contributed by atoms with E-state index in [2.05, 4.69) is 46.9 Å². The van der Waals surface area contributed by atoms with Crippen molar-refractivity contribution in [3.8, 4) is 0 Å².